The van der Waals surface area contributed by atoms with Gasteiger partial charge in [-0.2, -0.15) is 0 Å². The summed E-state index contributed by atoms with van der Waals surface area (Å²) in [5.74, 6) is -9.28. The quantitative estimate of drug-likeness (QED) is 0.277. The first kappa shape index (κ1) is 29.7. The van der Waals surface area contributed by atoms with E-state index in [1.165, 1.54) is 0 Å². The van der Waals surface area contributed by atoms with Crippen molar-refractivity contribution in [1.82, 2.24) is 0 Å². The molecule has 0 saturated carbocycles. The van der Waals surface area contributed by atoms with Crippen molar-refractivity contribution in [2.45, 2.75) is 0 Å². The summed E-state index contributed by atoms with van der Waals surface area (Å²) in [7, 11) is 0. The zero-order valence-corrected chi connectivity index (χ0v) is 13.8. The molecule has 13 heteroatoms. The fourth-order valence-corrected chi connectivity index (χ4v) is 0.408. The Kier molecular flexibility index (Phi) is 22.3. The summed E-state index contributed by atoms with van der Waals surface area (Å²) in [4.78, 5) is 56.5. The zero-order chi connectivity index (χ0) is 19.7. The third-order valence-corrected chi connectivity index (χ3v) is 1.07. The Bertz CT molecular complexity index is 444. The second-order valence-corrected chi connectivity index (χ2v) is 2.91. The Morgan fingerprint density at radius 1 is 0.360 bits per heavy atom. The molecule has 0 heterocycles. The van der Waals surface area contributed by atoms with Crippen LogP contribution in [0.3, 0.4) is 0 Å². The van der Waals surface area contributed by atoms with Gasteiger partial charge in [-0.15, -0.1) is 0 Å². The summed E-state index contributed by atoms with van der Waals surface area (Å²) >= 11 is 0. The Balaban J connectivity index is -0.000000130. The summed E-state index contributed by atoms with van der Waals surface area (Å²) in [6.07, 6.45) is 2.31. The van der Waals surface area contributed by atoms with Crippen LogP contribution in [-0.4, -0.2) is 35.8 Å². The molecule has 0 rings (SSSR count). The number of rotatable bonds is 6. The van der Waals surface area contributed by atoms with Crippen LogP contribution in [0, 0.1) is 0 Å². The van der Waals surface area contributed by atoms with E-state index in [0.717, 1.165) is 0 Å². The number of hydrogen-bond acceptors (Lipinski definition) is 12. The van der Waals surface area contributed by atoms with E-state index < -0.39 is 35.8 Å². The summed E-state index contributed by atoms with van der Waals surface area (Å²) in [5.41, 5.74) is 0. The van der Waals surface area contributed by atoms with Crippen molar-refractivity contribution >= 4 is 35.8 Å². The summed E-state index contributed by atoms with van der Waals surface area (Å²) in [6, 6.07) is 0. The summed E-state index contributed by atoms with van der Waals surface area (Å²) < 4.78 is 0. The van der Waals surface area contributed by atoms with Crippen molar-refractivity contribution < 1.29 is 80.5 Å². The minimum atomic E-state index is -1.55. The molecule has 0 amide bonds. The van der Waals surface area contributed by atoms with Crippen LogP contribution in [-0.2, 0) is 49.8 Å². The van der Waals surface area contributed by atoms with E-state index in [4.69, 9.17) is 0 Å². The number of carbonyl (C=O) groups excluding carboxylic acids is 6. The average molecular weight is 438 g/mol. The molecule has 0 aromatic heterocycles. The first-order chi connectivity index (χ1) is 10.9. The molecule has 25 heavy (non-hydrogen) atoms. The first-order valence-corrected chi connectivity index (χ1v) is 5.18. The standard InChI is InChI=1S/3C4H4O4.Mo/c3*5-3(6)1-2-4(7)8;/h3*1-2H,(H,5,6)(H,7,8);/q;;;+6/p-6/b3*2-1+;. The van der Waals surface area contributed by atoms with Gasteiger partial charge >= 0.3 is 21.1 Å². The van der Waals surface area contributed by atoms with Gasteiger partial charge in [-0.1, -0.05) is 0 Å². The topological polar surface area (TPSA) is 241 Å². The van der Waals surface area contributed by atoms with E-state index in [9.17, 15) is 59.4 Å². The van der Waals surface area contributed by atoms with Gasteiger partial charge in [0.05, 0.1) is 35.8 Å². The van der Waals surface area contributed by atoms with Crippen LogP contribution in [0.1, 0.15) is 0 Å². The molecular formula is C12H6MoO12. The van der Waals surface area contributed by atoms with Crippen LogP contribution < -0.4 is 30.6 Å². The molecule has 0 bridgehead atoms. The van der Waals surface area contributed by atoms with Crippen LogP contribution >= 0.6 is 0 Å². The van der Waals surface area contributed by atoms with Crippen LogP contribution in [0.2, 0.25) is 0 Å². The molecule has 0 unspecified atom stereocenters. The maximum Gasteiger partial charge on any atom is 6.00 e. The third kappa shape index (κ3) is 52.9. The van der Waals surface area contributed by atoms with Gasteiger partial charge in [0.25, 0.3) is 0 Å². The second-order valence-electron chi connectivity index (χ2n) is 2.91. The maximum absolute atomic E-state index is 9.41. The molecule has 132 valence electrons. The predicted octanol–water partition coefficient (Wildman–Crippen LogP) is -8.88. The molecular weight excluding hydrogens is 432 g/mol. The van der Waals surface area contributed by atoms with Gasteiger partial charge in [-0.25, -0.2) is 0 Å². The van der Waals surface area contributed by atoms with Gasteiger partial charge < -0.3 is 59.4 Å². The van der Waals surface area contributed by atoms with E-state index in [1.54, 1.807) is 0 Å². The Hall–Kier alpha value is -3.27. The normalized spacial score (nSPS) is 9.12. The molecule has 0 radical (unpaired) electrons. The summed E-state index contributed by atoms with van der Waals surface area (Å²) in [5, 5.41) is 56.5. The zero-order valence-electron chi connectivity index (χ0n) is 11.8. The van der Waals surface area contributed by atoms with Crippen LogP contribution in [0.4, 0.5) is 0 Å². The van der Waals surface area contributed by atoms with Gasteiger partial charge in [0.2, 0.25) is 0 Å². The Labute approximate surface area is 153 Å². The van der Waals surface area contributed by atoms with E-state index in [2.05, 4.69) is 0 Å². The third-order valence-electron chi connectivity index (χ3n) is 1.07. The molecule has 0 aliphatic rings. The Morgan fingerprint density at radius 2 is 0.440 bits per heavy atom. The smallest absolute Gasteiger partial charge is 0.545 e. The fraction of sp³-hybridized carbons (Fsp3) is 0. The number of carbonyl (C=O) groups is 6. The minimum absolute atomic E-state index is 0. The van der Waals surface area contributed by atoms with Crippen molar-refractivity contribution in [3.63, 3.8) is 0 Å². The molecule has 12 nitrogen and oxygen atoms in total. The van der Waals surface area contributed by atoms with Gasteiger partial charge in [-0.05, 0) is 36.5 Å². The van der Waals surface area contributed by atoms with Crippen molar-refractivity contribution in [3.05, 3.63) is 36.5 Å². The van der Waals surface area contributed by atoms with Crippen LogP contribution in [0.15, 0.2) is 36.5 Å². The molecule has 0 spiro atoms. The molecule has 0 atom stereocenters. The minimum Gasteiger partial charge on any atom is -0.545 e. The first-order valence-electron chi connectivity index (χ1n) is 5.18. The maximum atomic E-state index is 9.41. The van der Waals surface area contributed by atoms with Gasteiger partial charge in [0, 0.05) is 0 Å². The van der Waals surface area contributed by atoms with Crippen molar-refractivity contribution in [2.75, 3.05) is 0 Å². The predicted molar refractivity (Wildman–Crippen MR) is 57.5 cm³/mol. The number of carboxylic acids is 6. The molecule has 0 aromatic rings. The Morgan fingerprint density at radius 3 is 0.480 bits per heavy atom. The van der Waals surface area contributed by atoms with E-state index in [1.807, 2.05) is 0 Å². The molecule has 0 saturated heterocycles. The van der Waals surface area contributed by atoms with Gasteiger partial charge in [0.15, 0.2) is 0 Å². The SMILES string of the molecule is O=C([O-])/C=C/C(=O)[O-].O=C([O-])/C=C/C(=O)[O-].O=C([O-])/C=C/C(=O)[O-].[Mo+6]. The number of carboxylic acid groups (broad SMARTS) is 6. The average Bonchev–Trinajstić information content (AvgIpc) is 2.42. The summed E-state index contributed by atoms with van der Waals surface area (Å²) in [6.45, 7) is 0. The van der Waals surface area contributed by atoms with E-state index >= 15 is 0 Å². The fourth-order valence-electron chi connectivity index (χ4n) is 0.408. The van der Waals surface area contributed by atoms with Crippen LogP contribution in [0.25, 0.3) is 0 Å². The van der Waals surface area contributed by atoms with Crippen molar-refractivity contribution in [2.24, 2.45) is 0 Å². The molecule has 0 aliphatic carbocycles. The molecule has 0 aromatic carbocycles. The van der Waals surface area contributed by atoms with Crippen LogP contribution in [0.5, 0.6) is 0 Å². The largest absolute Gasteiger partial charge is 6.00 e. The number of aliphatic carboxylic acids is 6. The molecule has 0 N–H and O–H groups in total. The molecule has 0 fully saturated rings. The van der Waals surface area contributed by atoms with Gasteiger partial charge in [-0.3, -0.25) is 0 Å². The van der Waals surface area contributed by atoms with Crippen molar-refractivity contribution in [1.29, 1.82) is 0 Å². The molecule has 0 aliphatic heterocycles. The van der Waals surface area contributed by atoms with Crippen molar-refractivity contribution in [3.8, 4) is 0 Å². The monoisotopic (exact) mass is 440 g/mol. The van der Waals surface area contributed by atoms with E-state index in [0.29, 0.717) is 36.5 Å². The van der Waals surface area contributed by atoms with Gasteiger partial charge in [0.1, 0.15) is 0 Å². The number of hydrogen-bond donors (Lipinski definition) is 0. The van der Waals surface area contributed by atoms with E-state index in [-0.39, 0.29) is 21.1 Å². The second kappa shape index (κ2) is 18.8.